The van der Waals surface area contributed by atoms with Gasteiger partial charge in [-0.05, 0) is 30.3 Å². The summed E-state index contributed by atoms with van der Waals surface area (Å²) in [6.45, 7) is 2.09. The third-order valence-corrected chi connectivity index (χ3v) is 5.45. The Labute approximate surface area is 204 Å². The number of pyridine rings is 2. The van der Waals surface area contributed by atoms with E-state index in [2.05, 4.69) is 36.1 Å². The fourth-order valence-corrected chi connectivity index (χ4v) is 3.76. The Morgan fingerprint density at radius 3 is 2.75 bits per heavy atom. The van der Waals surface area contributed by atoms with E-state index in [1.165, 1.54) is 0 Å². The molecule has 0 atom stereocenters. The molecule has 1 aromatic carbocycles. The lowest BCUT2D eigenvalue weighted by atomic mass is 10.1. The minimum atomic E-state index is 0.307. The average molecular weight is 475 g/mol. The Balaban J connectivity index is 1.38. The van der Waals surface area contributed by atoms with Crippen molar-refractivity contribution in [2.24, 2.45) is 0 Å². The van der Waals surface area contributed by atoms with Crippen LogP contribution in [0.25, 0.3) is 34.1 Å². The van der Waals surface area contributed by atoms with E-state index in [4.69, 9.17) is 14.2 Å². The lowest BCUT2D eigenvalue weighted by Gasteiger charge is -2.12. The van der Waals surface area contributed by atoms with Crippen LogP contribution in [0.4, 0.5) is 0 Å². The first-order valence-electron chi connectivity index (χ1n) is 11.0. The van der Waals surface area contributed by atoms with Crippen molar-refractivity contribution in [2.75, 3.05) is 0 Å². The lowest BCUT2D eigenvalue weighted by Crippen LogP contribution is -2.03. The Morgan fingerprint density at radius 1 is 1.06 bits per heavy atom. The maximum Gasteiger partial charge on any atom is 0.223 e. The fraction of sp³-hybridized carbons (Fsp3) is 0.0800. The molecule has 174 valence electrons. The van der Waals surface area contributed by atoms with Gasteiger partial charge in [-0.3, -0.25) is 4.98 Å². The van der Waals surface area contributed by atoms with E-state index < -0.39 is 0 Å². The normalized spacial score (nSPS) is 11.0. The molecule has 0 aliphatic rings. The Bertz CT molecular complexity index is 1710. The fourth-order valence-electron chi connectivity index (χ4n) is 3.76. The number of aryl methyl sites for hydroxylation is 1. The van der Waals surface area contributed by atoms with Crippen molar-refractivity contribution in [2.45, 2.75) is 13.5 Å². The molecule has 0 unspecified atom stereocenters. The molecule has 0 aliphatic heterocycles. The van der Waals surface area contributed by atoms with Crippen LogP contribution in [0.15, 0.2) is 71.8 Å². The molecule has 0 radical (unpaired) electrons. The molecule has 1 N–H and O–H groups in total. The minimum absolute atomic E-state index is 0.307. The quantitative estimate of drug-likeness (QED) is 0.373. The number of aromatic nitrogens is 8. The van der Waals surface area contributed by atoms with Crippen molar-refractivity contribution in [1.29, 1.82) is 5.26 Å². The maximum absolute atomic E-state index is 9.40. The first-order chi connectivity index (χ1) is 17.7. The Kier molecular flexibility index (Phi) is 5.16. The number of hydrogen-bond donors (Lipinski definition) is 1. The molecule has 0 amide bonds. The Morgan fingerprint density at radius 2 is 2.00 bits per heavy atom. The van der Waals surface area contributed by atoms with Crippen LogP contribution in [0.2, 0.25) is 0 Å². The second-order valence-electron chi connectivity index (χ2n) is 7.89. The number of hydrogen-bond acceptors (Lipinski definition) is 9. The largest absolute Gasteiger partial charge is 0.455 e. The Hall–Kier alpha value is -5.37. The van der Waals surface area contributed by atoms with Crippen molar-refractivity contribution >= 4 is 11.0 Å². The van der Waals surface area contributed by atoms with Gasteiger partial charge < -0.3 is 18.8 Å². The number of nitriles is 1. The molecular formula is C25H17N9O2. The van der Waals surface area contributed by atoms with Gasteiger partial charge in [0.15, 0.2) is 5.82 Å². The van der Waals surface area contributed by atoms with Crippen LogP contribution in [0.5, 0.6) is 11.5 Å². The summed E-state index contributed by atoms with van der Waals surface area (Å²) in [6, 6.07) is 15.1. The average Bonchev–Trinajstić information content (AvgIpc) is 3.65. The van der Waals surface area contributed by atoms with Crippen molar-refractivity contribution in [1.82, 2.24) is 39.6 Å². The van der Waals surface area contributed by atoms with Crippen molar-refractivity contribution in [3.63, 3.8) is 0 Å². The van der Waals surface area contributed by atoms with Gasteiger partial charge in [0, 0.05) is 37.1 Å². The van der Waals surface area contributed by atoms with Crippen molar-refractivity contribution in [3.05, 3.63) is 84.5 Å². The van der Waals surface area contributed by atoms with Gasteiger partial charge in [0.2, 0.25) is 17.5 Å². The van der Waals surface area contributed by atoms with Gasteiger partial charge in [-0.25, -0.2) is 15.0 Å². The summed E-state index contributed by atoms with van der Waals surface area (Å²) < 4.78 is 13.0. The third kappa shape index (κ3) is 4.03. The molecule has 11 heteroatoms. The van der Waals surface area contributed by atoms with Crippen molar-refractivity contribution in [3.8, 4) is 40.6 Å². The van der Waals surface area contributed by atoms with E-state index in [1.807, 2.05) is 30.3 Å². The molecule has 5 aromatic heterocycles. The molecule has 0 fully saturated rings. The van der Waals surface area contributed by atoms with Gasteiger partial charge in [0.25, 0.3) is 0 Å². The molecule has 11 nitrogen and oxygen atoms in total. The third-order valence-electron chi connectivity index (χ3n) is 5.45. The molecule has 0 saturated heterocycles. The number of aromatic amines is 1. The first-order valence-corrected chi connectivity index (χ1v) is 11.0. The van der Waals surface area contributed by atoms with Crippen LogP contribution in [0, 0.1) is 18.3 Å². The van der Waals surface area contributed by atoms with E-state index in [0.29, 0.717) is 52.6 Å². The summed E-state index contributed by atoms with van der Waals surface area (Å²) in [7, 11) is 0. The molecule has 6 rings (SSSR count). The molecule has 0 bridgehead atoms. The molecule has 0 spiro atoms. The van der Waals surface area contributed by atoms with E-state index in [-0.39, 0.29) is 0 Å². The number of rotatable bonds is 6. The molecule has 0 aliphatic carbocycles. The van der Waals surface area contributed by atoms with Crippen LogP contribution in [0.1, 0.15) is 17.3 Å². The molecule has 0 saturated carbocycles. The zero-order chi connectivity index (χ0) is 24.5. The predicted molar refractivity (Wildman–Crippen MR) is 128 cm³/mol. The zero-order valence-electron chi connectivity index (χ0n) is 19.0. The monoisotopic (exact) mass is 475 g/mol. The molecule has 6 aromatic rings. The summed E-state index contributed by atoms with van der Waals surface area (Å²) in [5.41, 5.74) is 3.66. The number of benzene rings is 1. The van der Waals surface area contributed by atoms with Crippen LogP contribution in [-0.2, 0) is 6.54 Å². The van der Waals surface area contributed by atoms with E-state index in [9.17, 15) is 5.26 Å². The highest BCUT2D eigenvalue weighted by Gasteiger charge is 2.15. The highest BCUT2D eigenvalue weighted by Crippen LogP contribution is 2.32. The summed E-state index contributed by atoms with van der Waals surface area (Å²) in [6.07, 6.45) is 6.66. The molecule has 5 heterocycles. The van der Waals surface area contributed by atoms with Crippen molar-refractivity contribution < 1.29 is 9.26 Å². The van der Waals surface area contributed by atoms with Crippen LogP contribution < -0.4 is 4.74 Å². The van der Waals surface area contributed by atoms with Gasteiger partial charge in [0.05, 0.1) is 23.8 Å². The highest BCUT2D eigenvalue weighted by atomic mass is 16.5. The topological polar surface area (TPSA) is 144 Å². The van der Waals surface area contributed by atoms with Gasteiger partial charge in [0.1, 0.15) is 29.0 Å². The summed E-state index contributed by atoms with van der Waals surface area (Å²) in [5, 5.41) is 13.3. The second kappa shape index (κ2) is 8.77. The second-order valence-corrected chi connectivity index (χ2v) is 7.89. The van der Waals surface area contributed by atoms with Gasteiger partial charge in [-0.15, -0.1) is 0 Å². The first kappa shape index (κ1) is 21.2. The smallest absolute Gasteiger partial charge is 0.223 e. The SMILES string of the molecule is Cc1nc(-c2ccc(Oc3cc4nc(-c5ccccn5)[nH]c4cc3Cn3ccnc3C#N)cn2)no1. The van der Waals surface area contributed by atoms with Gasteiger partial charge in [-0.1, -0.05) is 11.2 Å². The van der Waals surface area contributed by atoms with E-state index >= 15 is 0 Å². The van der Waals surface area contributed by atoms with Gasteiger partial charge >= 0.3 is 0 Å². The molecular weight excluding hydrogens is 458 g/mol. The summed E-state index contributed by atoms with van der Waals surface area (Å²) >= 11 is 0. The number of fused-ring (bicyclic) bond motifs is 1. The van der Waals surface area contributed by atoms with E-state index in [1.54, 1.807) is 48.4 Å². The van der Waals surface area contributed by atoms with E-state index in [0.717, 1.165) is 16.8 Å². The summed E-state index contributed by atoms with van der Waals surface area (Å²) in [4.78, 5) is 25.1. The lowest BCUT2D eigenvalue weighted by molar-refractivity contribution is 0.394. The number of nitrogens with zero attached hydrogens (tertiary/aromatic N) is 8. The summed E-state index contributed by atoms with van der Waals surface area (Å²) in [5.74, 6) is 2.92. The number of H-pyrrole nitrogens is 1. The number of nitrogens with one attached hydrogen (secondary N) is 1. The number of ether oxygens (including phenoxy) is 1. The van der Waals surface area contributed by atoms with Crippen LogP contribution >= 0.6 is 0 Å². The van der Waals surface area contributed by atoms with Gasteiger partial charge in [-0.2, -0.15) is 10.2 Å². The number of imidazole rings is 2. The maximum atomic E-state index is 9.40. The molecule has 36 heavy (non-hydrogen) atoms. The standard InChI is InChI=1S/C25H17N9O2/c1-15-30-25(33-36-15)19-6-5-17(13-29-19)35-22-11-21-20(31-24(32-21)18-4-2-3-7-27-18)10-16(22)14-34-9-8-28-23(34)12-26/h2-11,13H,14H2,1H3,(H,31,32). The zero-order valence-corrected chi connectivity index (χ0v) is 19.0. The predicted octanol–water partition coefficient (Wildman–Crippen LogP) is 4.29. The highest BCUT2D eigenvalue weighted by molar-refractivity contribution is 5.81. The van der Waals surface area contributed by atoms with Crippen LogP contribution in [0.3, 0.4) is 0 Å². The minimum Gasteiger partial charge on any atom is -0.455 e. The van der Waals surface area contributed by atoms with Crippen LogP contribution in [-0.4, -0.2) is 39.6 Å².